The summed E-state index contributed by atoms with van der Waals surface area (Å²) in [5.41, 5.74) is 0.901. The normalized spacial score (nSPS) is 28.0. The van der Waals surface area contributed by atoms with E-state index in [9.17, 15) is 9.59 Å². The van der Waals surface area contributed by atoms with Gasteiger partial charge in [0.15, 0.2) is 0 Å². The Hall–Kier alpha value is -1.24. The van der Waals surface area contributed by atoms with Crippen molar-refractivity contribution in [2.45, 2.75) is 42.7 Å². The minimum absolute atomic E-state index is 0. The number of hydrogen-bond donors (Lipinski definition) is 1. The fourth-order valence-electron chi connectivity index (χ4n) is 4.44. The molecule has 0 spiro atoms. The molecular formula is C19H26ClN3O2S. The van der Waals surface area contributed by atoms with Gasteiger partial charge in [-0.1, -0.05) is 0 Å². The largest absolute Gasteiger partial charge is 0.335 e. The smallest absolute Gasteiger partial charge is 0.228 e. The molecular weight excluding hydrogens is 370 g/mol. The number of halogens is 1. The summed E-state index contributed by atoms with van der Waals surface area (Å²) in [6, 6.07) is 8.70. The lowest BCUT2D eigenvalue weighted by molar-refractivity contribution is -0.138. The molecule has 3 aliphatic rings. The number of anilines is 1. The summed E-state index contributed by atoms with van der Waals surface area (Å²) in [4.78, 5) is 30.7. The molecule has 2 amide bonds. The maximum atomic E-state index is 13.2. The van der Waals surface area contributed by atoms with Crippen molar-refractivity contribution >= 4 is 41.7 Å². The van der Waals surface area contributed by atoms with Gasteiger partial charge in [0.25, 0.3) is 0 Å². The van der Waals surface area contributed by atoms with Crippen LogP contribution in [0.1, 0.15) is 25.7 Å². The van der Waals surface area contributed by atoms with Crippen LogP contribution in [0, 0.1) is 5.92 Å². The third kappa shape index (κ3) is 3.59. The summed E-state index contributed by atoms with van der Waals surface area (Å²) < 4.78 is 0. The monoisotopic (exact) mass is 395 g/mol. The summed E-state index contributed by atoms with van der Waals surface area (Å²) in [5.74, 6) is 0.0530. The molecule has 1 aromatic carbocycles. The Kier molecular flexibility index (Phi) is 6.15. The van der Waals surface area contributed by atoms with Crippen molar-refractivity contribution in [3.8, 4) is 0 Å². The Morgan fingerprint density at radius 3 is 2.62 bits per heavy atom. The van der Waals surface area contributed by atoms with Crippen molar-refractivity contribution in [1.82, 2.24) is 10.2 Å². The molecule has 3 aliphatic heterocycles. The molecule has 1 N–H and O–H groups in total. The number of hydrogen-bond acceptors (Lipinski definition) is 4. The summed E-state index contributed by atoms with van der Waals surface area (Å²) in [6.07, 6.45) is 5.60. The number of carbonyl (C=O) groups is 2. The molecule has 4 rings (SSSR count). The van der Waals surface area contributed by atoms with Gasteiger partial charge in [0.1, 0.15) is 0 Å². The molecule has 3 atom stereocenters. The number of rotatable bonds is 3. The number of thioether (sulfide) groups is 1. The van der Waals surface area contributed by atoms with E-state index in [0.717, 1.165) is 38.0 Å². The average Bonchev–Trinajstić information content (AvgIpc) is 3.13. The van der Waals surface area contributed by atoms with Crippen LogP contribution in [0.25, 0.3) is 0 Å². The minimum atomic E-state index is -0.200. The Bertz CT molecular complexity index is 655. The van der Waals surface area contributed by atoms with E-state index in [2.05, 4.69) is 10.2 Å². The van der Waals surface area contributed by atoms with Crippen LogP contribution in [0.15, 0.2) is 29.2 Å². The Morgan fingerprint density at radius 2 is 1.88 bits per heavy atom. The Morgan fingerprint density at radius 1 is 1.15 bits per heavy atom. The lowest BCUT2D eigenvalue weighted by Gasteiger charge is -2.30. The summed E-state index contributed by atoms with van der Waals surface area (Å²) in [5, 5.41) is 3.44. The summed E-state index contributed by atoms with van der Waals surface area (Å²) in [7, 11) is 0. The van der Waals surface area contributed by atoms with Gasteiger partial charge in [-0.2, -0.15) is 0 Å². The van der Waals surface area contributed by atoms with E-state index in [1.807, 2.05) is 30.5 Å². The first-order valence-electron chi connectivity index (χ1n) is 9.14. The van der Waals surface area contributed by atoms with E-state index in [0.29, 0.717) is 25.0 Å². The van der Waals surface area contributed by atoms with Crippen LogP contribution in [0.4, 0.5) is 5.69 Å². The van der Waals surface area contributed by atoms with Crippen LogP contribution in [0.3, 0.4) is 0 Å². The summed E-state index contributed by atoms with van der Waals surface area (Å²) in [6.45, 7) is 2.39. The van der Waals surface area contributed by atoms with Crippen LogP contribution < -0.4 is 10.2 Å². The first-order chi connectivity index (χ1) is 12.2. The molecule has 26 heavy (non-hydrogen) atoms. The van der Waals surface area contributed by atoms with Gasteiger partial charge < -0.3 is 15.1 Å². The fourth-order valence-corrected chi connectivity index (χ4v) is 4.85. The molecule has 0 aliphatic carbocycles. The Labute approximate surface area is 165 Å². The second-order valence-electron chi connectivity index (χ2n) is 7.23. The van der Waals surface area contributed by atoms with Gasteiger partial charge in [-0.15, -0.1) is 24.2 Å². The molecule has 0 aromatic heterocycles. The van der Waals surface area contributed by atoms with Crippen molar-refractivity contribution in [3.05, 3.63) is 24.3 Å². The van der Waals surface area contributed by atoms with Gasteiger partial charge in [0, 0.05) is 42.2 Å². The van der Waals surface area contributed by atoms with Crippen molar-refractivity contribution in [2.24, 2.45) is 5.92 Å². The van der Waals surface area contributed by atoms with Crippen molar-refractivity contribution in [3.63, 3.8) is 0 Å². The predicted molar refractivity (Wildman–Crippen MR) is 107 cm³/mol. The molecule has 3 fully saturated rings. The molecule has 2 bridgehead atoms. The van der Waals surface area contributed by atoms with Crippen molar-refractivity contribution in [1.29, 1.82) is 0 Å². The zero-order chi connectivity index (χ0) is 17.4. The van der Waals surface area contributed by atoms with Gasteiger partial charge in [-0.3, -0.25) is 9.59 Å². The van der Waals surface area contributed by atoms with Gasteiger partial charge in [0.05, 0.1) is 5.92 Å². The highest BCUT2D eigenvalue weighted by atomic mass is 35.5. The lowest BCUT2D eigenvalue weighted by Crippen LogP contribution is -2.46. The van der Waals surface area contributed by atoms with Crippen LogP contribution in [0.2, 0.25) is 0 Å². The highest BCUT2D eigenvalue weighted by Crippen LogP contribution is 2.33. The number of carbonyl (C=O) groups excluding carboxylic acids is 2. The first kappa shape index (κ1) is 19.5. The van der Waals surface area contributed by atoms with Crippen LogP contribution >= 0.6 is 24.2 Å². The quantitative estimate of drug-likeness (QED) is 0.799. The predicted octanol–water partition coefficient (Wildman–Crippen LogP) is 2.54. The second-order valence-corrected chi connectivity index (χ2v) is 8.11. The molecule has 7 heteroatoms. The lowest BCUT2D eigenvalue weighted by atomic mass is 10.1. The van der Waals surface area contributed by atoms with Crippen LogP contribution in [0.5, 0.6) is 0 Å². The summed E-state index contributed by atoms with van der Waals surface area (Å²) >= 11 is 1.68. The SMILES string of the molecule is CSc1ccc(N2CC(C(=O)N3C4CCNCC3CC4)CC2=O)cc1.Cl. The first-order valence-corrected chi connectivity index (χ1v) is 10.4. The second kappa shape index (κ2) is 8.19. The van der Waals surface area contributed by atoms with Crippen molar-refractivity contribution < 1.29 is 9.59 Å². The van der Waals surface area contributed by atoms with E-state index < -0.39 is 0 Å². The van der Waals surface area contributed by atoms with E-state index in [1.165, 1.54) is 4.90 Å². The minimum Gasteiger partial charge on any atom is -0.335 e. The highest BCUT2D eigenvalue weighted by Gasteiger charge is 2.44. The fraction of sp³-hybridized carbons (Fsp3) is 0.579. The molecule has 142 valence electrons. The van der Waals surface area contributed by atoms with Gasteiger partial charge in [-0.05, 0) is 56.3 Å². The van der Waals surface area contributed by atoms with Gasteiger partial charge in [0.2, 0.25) is 11.8 Å². The molecule has 3 heterocycles. The molecule has 3 saturated heterocycles. The molecule has 0 radical (unpaired) electrons. The molecule has 5 nitrogen and oxygen atoms in total. The average molecular weight is 396 g/mol. The number of nitrogens with zero attached hydrogens (tertiary/aromatic N) is 2. The standard InChI is InChI=1S/C19H25N3O2S.ClH/c1-25-17-6-4-14(5-7-17)21-12-13(10-18(21)23)19(24)22-15-2-3-16(22)11-20-9-8-15;/h4-7,13,15-16,20H,2-3,8-12H2,1H3;1H. The zero-order valence-electron chi connectivity index (χ0n) is 15.0. The van der Waals surface area contributed by atoms with Gasteiger partial charge >= 0.3 is 0 Å². The van der Waals surface area contributed by atoms with Crippen LogP contribution in [-0.2, 0) is 9.59 Å². The topological polar surface area (TPSA) is 52.7 Å². The third-order valence-electron chi connectivity index (χ3n) is 5.77. The van der Waals surface area contributed by atoms with E-state index >= 15 is 0 Å². The zero-order valence-corrected chi connectivity index (χ0v) is 16.7. The number of nitrogens with one attached hydrogen (secondary N) is 1. The number of amides is 2. The maximum Gasteiger partial charge on any atom is 0.228 e. The molecule has 3 unspecified atom stereocenters. The number of fused-ring (bicyclic) bond motifs is 2. The maximum absolute atomic E-state index is 13.2. The van der Waals surface area contributed by atoms with E-state index in [4.69, 9.17) is 0 Å². The highest BCUT2D eigenvalue weighted by molar-refractivity contribution is 7.98. The van der Waals surface area contributed by atoms with Crippen molar-refractivity contribution in [2.75, 3.05) is 30.8 Å². The van der Waals surface area contributed by atoms with E-state index in [1.54, 1.807) is 16.7 Å². The Balaban J connectivity index is 0.00000196. The van der Waals surface area contributed by atoms with Gasteiger partial charge in [-0.25, -0.2) is 0 Å². The molecule has 1 aromatic rings. The molecule has 0 saturated carbocycles. The third-order valence-corrected chi connectivity index (χ3v) is 6.51. The van der Waals surface area contributed by atoms with Crippen LogP contribution in [-0.4, -0.2) is 54.7 Å². The number of benzene rings is 1. The van der Waals surface area contributed by atoms with E-state index in [-0.39, 0.29) is 30.1 Å².